The zero-order chi connectivity index (χ0) is 15.9. The monoisotopic (exact) mass is 274 g/mol. The molecule has 0 radical (unpaired) electrons. The average Bonchev–Trinajstić information content (AvgIpc) is 2.25. The van der Waals surface area contributed by atoms with Gasteiger partial charge in [0, 0.05) is 0 Å². The van der Waals surface area contributed by atoms with Crippen molar-refractivity contribution in [3.8, 4) is 0 Å². The first-order chi connectivity index (χ1) is 8.76. The summed E-state index contributed by atoms with van der Waals surface area (Å²) in [6, 6.07) is 7.25. The van der Waals surface area contributed by atoms with Gasteiger partial charge in [-0.05, 0) is 38.9 Å². The van der Waals surface area contributed by atoms with Crippen LogP contribution in [0.15, 0.2) is 18.2 Å². The highest BCUT2D eigenvalue weighted by Gasteiger charge is 2.28. The van der Waals surface area contributed by atoms with Gasteiger partial charge in [0.05, 0.1) is 0 Å². The molecule has 0 nitrogen and oxygen atoms in total. The first-order valence-electron chi connectivity index (χ1n) is 7.93. The van der Waals surface area contributed by atoms with Gasteiger partial charge in [-0.2, -0.15) is 0 Å². The first-order valence-corrected chi connectivity index (χ1v) is 7.93. The van der Waals surface area contributed by atoms with E-state index in [0.717, 1.165) is 0 Å². The molecular formula is C20H34. The van der Waals surface area contributed by atoms with Crippen LogP contribution in [0.5, 0.6) is 0 Å². The Morgan fingerprint density at radius 3 is 1.15 bits per heavy atom. The summed E-state index contributed by atoms with van der Waals surface area (Å²) in [5.74, 6) is 0.630. The highest BCUT2D eigenvalue weighted by atomic mass is 14.3. The number of hydrogen-bond donors (Lipinski definition) is 0. The second kappa shape index (κ2) is 5.20. The predicted molar refractivity (Wildman–Crippen MR) is 91.7 cm³/mol. The van der Waals surface area contributed by atoms with Gasteiger partial charge < -0.3 is 0 Å². The van der Waals surface area contributed by atoms with E-state index in [1.54, 1.807) is 0 Å². The third kappa shape index (κ3) is 3.65. The fourth-order valence-corrected chi connectivity index (χ4v) is 2.20. The Balaban J connectivity index is 3.55. The summed E-state index contributed by atoms with van der Waals surface area (Å²) in [4.78, 5) is 0. The van der Waals surface area contributed by atoms with Crippen LogP contribution >= 0.6 is 0 Å². The molecule has 0 N–H and O–H groups in total. The Morgan fingerprint density at radius 1 is 0.600 bits per heavy atom. The fourth-order valence-electron chi connectivity index (χ4n) is 2.20. The Kier molecular flexibility index (Phi) is 4.49. The Hall–Kier alpha value is -0.780. The van der Waals surface area contributed by atoms with Crippen LogP contribution in [0.1, 0.15) is 85.9 Å². The molecule has 0 aliphatic rings. The van der Waals surface area contributed by atoms with Crippen molar-refractivity contribution in [2.75, 3.05) is 0 Å². The molecule has 0 spiro atoms. The third-order valence-electron chi connectivity index (χ3n) is 4.85. The lowest BCUT2D eigenvalue weighted by Gasteiger charge is -2.34. The molecule has 0 bridgehead atoms. The SMILES string of the molecule is CC(C)C(C)(C)c1cc(C(C)(C)C)cc(C(C)(C)C)c1. The molecule has 0 aliphatic carbocycles. The lowest BCUT2D eigenvalue weighted by Crippen LogP contribution is -2.27. The maximum Gasteiger partial charge on any atom is -0.00804 e. The quantitative estimate of drug-likeness (QED) is 0.601. The summed E-state index contributed by atoms with van der Waals surface area (Å²) in [7, 11) is 0. The van der Waals surface area contributed by atoms with E-state index in [4.69, 9.17) is 0 Å². The van der Waals surface area contributed by atoms with Crippen molar-refractivity contribution in [1.82, 2.24) is 0 Å². The summed E-state index contributed by atoms with van der Waals surface area (Å²) >= 11 is 0. The van der Waals surface area contributed by atoms with E-state index in [-0.39, 0.29) is 16.2 Å². The normalized spacial score (nSPS) is 13.9. The molecule has 0 heterocycles. The summed E-state index contributed by atoms with van der Waals surface area (Å²) in [5, 5.41) is 0. The van der Waals surface area contributed by atoms with Crippen molar-refractivity contribution in [3.05, 3.63) is 34.9 Å². The van der Waals surface area contributed by atoms with Gasteiger partial charge in [0.25, 0.3) is 0 Å². The number of rotatable bonds is 2. The van der Waals surface area contributed by atoms with E-state index in [2.05, 4.69) is 87.4 Å². The molecule has 0 saturated carbocycles. The second-order valence-corrected chi connectivity index (χ2v) is 9.18. The molecule has 20 heavy (non-hydrogen) atoms. The van der Waals surface area contributed by atoms with Crippen LogP contribution in [0.4, 0.5) is 0 Å². The van der Waals surface area contributed by atoms with Crippen molar-refractivity contribution in [3.63, 3.8) is 0 Å². The van der Waals surface area contributed by atoms with Crippen LogP contribution in [-0.2, 0) is 16.2 Å². The van der Waals surface area contributed by atoms with Crippen LogP contribution < -0.4 is 0 Å². The molecule has 0 unspecified atom stereocenters. The van der Waals surface area contributed by atoms with Crippen molar-refractivity contribution >= 4 is 0 Å². The second-order valence-electron chi connectivity index (χ2n) is 9.18. The van der Waals surface area contributed by atoms with Gasteiger partial charge in [0.15, 0.2) is 0 Å². The Bertz CT molecular complexity index is 430. The average molecular weight is 274 g/mol. The molecule has 0 fully saturated rings. The zero-order valence-corrected chi connectivity index (χ0v) is 15.3. The Morgan fingerprint density at radius 2 is 0.900 bits per heavy atom. The molecule has 0 amide bonds. The molecule has 0 atom stereocenters. The van der Waals surface area contributed by atoms with Crippen molar-refractivity contribution in [1.29, 1.82) is 0 Å². The topological polar surface area (TPSA) is 0 Å². The summed E-state index contributed by atoms with van der Waals surface area (Å²) in [6.07, 6.45) is 0. The third-order valence-corrected chi connectivity index (χ3v) is 4.85. The lowest BCUT2D eigenvalue weighted by molar-refractivity contribution is 0.370. The molecule has 1 aromatic carbocycles. The van der Waals surface area contributed by atoms with Crippen molar-refractivity contribution < 1.29 is 0 Å². The number of hydrogen-bond acceptors (Lipinski definition) is 0. The molecule has 0 saturated heterocycles. The highest BCUT2D eigenvalue weighted by Crippen LogP contribution is 2.37. The van der Waals surface area contributed by atoms with Gasteiger partial charge in [0.1, 0.15) is 0 Å². The minimum atomic E-state index is 0.197. The lowest BCUT2D eigenvalue weighted by atomic mass is 9.71. The Labute approximate surface area is 127 Å². The molecule has 0 heteroatoms. The smallest absolute Gasteiger partial charge is 0.00804 e. The van der Waals surface area contributed by atoms with Crippen molar-refractivity contribution in [2.24, 2.45) is 5.92 Å². The molecule has 1 aromatic rings. The van der Waals surface area contributed by atoms with Crippen LogP contribution in [0, 0.1) is 5.92 Å². The molecule has 0 aromatic heterocycles. The van der Waals surface area contributed by atoms with Gasteiger partial charge in [-0.25, -0.2) is 0 Å². The predicted octanol–water partition coefficient (Wildman–Crippen LogP) is 6.22. The van der Waals surface area contributed by atoms with E-state index >= 15 is 0 Å². The highest BCUT2D eigenvalue weighted by molar-refractivity contribution is 5.40. The van der Waals surface area contributed by atoms with E-state index in [0.29, 0.717) is 5.92 Å². The maximum atomic E-state index is 2.43. The van der Waals surface area contributed by atoms with Gasteiger partial charge >= 0.3 is 0 Å². The summed E-state index contributed by atoms with van der Waals surface area (Å²) in [6.45, 7) is 23.2. The fraction of sp³-hybridized carbons (Fsp3) is 0.700. The molecular weight excluding hydrogens is 240 g/mol. The summed E-state index contributed by atoms with van der Waals surface area (Å²) < 4.78 is 0. The van der Waals surface area contributed by atoms with Gasteiger partial charge in [-0.3, -0.25) is 0 Å². The van der Waals surface area contributed by atoms with Crippen LogP contribution in [0.25, 0.3) is 0 Å². The minimum Gasteiger partial charge on any atom is -0.0619 e. The van der Waals surface area contributed by atoms with Crippen LogP contribution in [-0.4, -0.2) is 0 Å². The van der Waals surface area contributed by atoms with E-state index < -0.39 is 0 Å². The first kappa shape index (κ1) is 17.3. The van der Waals surface area contributed by atoms with Crippen molar-refractivity contribution in [2.45, 2.75) is 85.5 Å². The van der Waals surface area contributed by atoms with Crippen LogP contribution in [0.3, 0.4) is 0 Å². The van der Waals surface area contributed by atoms with Crippen LogP contribution in [0.2, 0.25) is 0 Å². The van der Waals surface area contributed by atoms with Gasteiger partial charge in [0.2, 0.25) is 0 Å². The molecule has 0 aliphatic heterocycles. The van der Waals surface area contributed by atoms with E-state index in [1.165, 1.54) is 16.7 Å². The molecule has 114 valence electrons. The minimum absolute atomic E-state index is 0.197. The van der Waals surface area contributed by atoms with Gasteiger partial charge in [-0.15, -0.1) is 0 Å². The standard InChI is InChI=1S/C20H34/c1-14(2)20(9,10)17-12-15(18(3,4)5)11-16(13-17)19(6,7)8/h11-14H,1-10H3. The van der Waals surface area contributed by atoms with Gasteiger partial charge in [-0.1, -0.05) is 87.4 Å². The summed E-state index contributed by atoms with van der Waals surface area (Å²) in [5.41, 5.74) is 4.99. The van der Waals surface area contributed by atoms with E-state index in [9.17, 15) is 0 Å². The largest absolute Gasteiger partial charge is 0.0619 e. The molecule has 1 rings (SSSR count). The van der Waals surface area contributed by atoms with E-state index in [1.807, 2.05) is 0 Å². The zero-order valence-electron chi connectivity index (χ0n) is 15.3. The maximum absolute atomic E-state index is 2.43. The number of benzene rings is 1.